The van der Waals surface area contributed by atoms with Crippen LogP contribution in [0.25, 0.3) is 0 Å². The fraction of sp³-hybridized carbons (Fsp3) is 0.353. The van der Waals surface area contributed by atoms with E-state index >= 15 is 0 Å². The fourth-order valence-corrected chi connectivity index (χ4v) is 4.05. The molecule has 1 amide bonds. The van der Waals surface area contributed by atoms with E-state index < -0.39 is 10.0 Å². The summed E-state index contributed by atoms with van der Waals surface area (Å²) in [6.45, 7) is 4.49. The molecule has 6 nitrogen and oxygen atoms in total. The van der Waals surface area contributed by atoms with Crippen LogP contribution in [-0.2, 0) is 10.0 Å². The molecule has 3 rings (SSSR count). The second kappa shape index (κ2) is 7.45. The molecule has 1 saturated heterocycles. The maximum Gasteiger partial charge on any atom is 0.264 e. The summed E-state index contributed by atoms with van der Waals surface area (Å²) in [6, 6.07) is 11.1. The van der Waals surface area contributed by atoms with Crippen LogP contribution in [-0.4, -0.2) is 51.2 Å². The Bertz CT molecular complexity index is 809. The number of carbonyl (C=O) groups excluding carboxylic acids is 1. The van der Waals surface area contributed by atoms with Gasteiger partial charge in [-0.2, -0.15) is 0 Å². The van der Waals surface area contributed by atoms with Crippen molar-refractivity contribution in [1.82, 2.24) is 4.90 Å². The number of nitrogens with one attached hydrogen (secondary N) is 1. The lowest BCUT2D eigenvalue weighted by Crippen LogP contribution is -2.48. The topological polar surface area (TPSA) is 69.7 Å². The minimum Gasteiger partial charge on any atom is -0.368 e. The van der Waals surface area contributed by atoms with Crippen molar-refractivity contribution in [1.29, 1.82) is 0 Å². The number of anilines is 2. The summed E-state index contributed by atoms with van der Waals surface area (Å²) in [7, 11) is -3.26. The average Bonchev–Trinajstić information content (AvgIpc) is 3.16. The third-order valence-electron chi connectivity index (χ3n) is 4.18. The van der Waals surface area contributed by atoms with E-state index in [2.05, 4.69) is 9.62 Å². The highest BCUT2D eigenvalue weighted by Gasteiger charge is 2.22. The van der Waals surface area contributed by atoms with Gasteiger partial charge in [-0.05, 0) is 42.6 Å². The van der Waals surface area contributed by atoms with Gasteiger partial charge in [-0.25, -0.2) is 8.42 Å². The van der Waals surface area contributed by atoms with Gasteiger partial charge in [-0.3, -0.25) is 9.52 Å². The van der Waals surface area contributed by atoms with E-state index in [0.29, 0.717) is 18.8 Å². The molecule has 1 aliphatic rings. The Morgan fingerprint density at radius 3 is 2.36 bits per heavy atom. The van der Waals surface area contributed by atoms with E-state index in [1.807, 2.05) is 34.5 Å². The van der Waals surface area contributed by atoms with Crippen molar-refractivity contribution < 1.29 is 13.2 Å². The standard InChI is InChI=1S/C17H21N3O3S2/c1-2-25(22,23)18-14-5-7-15(8-6-14)19-9-11-20(12-10-19)17(21)16-4-3-13-24-16/h3-8,13,18H,2,9-12H2,1H3. The number of hydrogen-bond donors (Lipinski definition) is 1. The summed E-state index contributed by atoms with van der Waals surface area (Å²) in [5.41, 5.74) is 1.60. The molecular weight excluding hydrogens is 358 g/mol. The molecule has 1 fully saturated rings. The predicted octanol–water partition coefficient (Wildman–Crippen LogP) is 2.47. The lowest BCUT2D eigenvalue weighted by atomic mass is 10.2. The zero-order chi connectivity index (χ0) is 17.9. The number of benzene rings is 1. The Labute approximate surface area is 152 Å². The van der Waals surface area contributed by atoms with Gasteiger partial charge in [0.1, 0.15) is 0 Å². The van der Waals surface area contributed by atoms with Gasteiger partial charge in [0.2, 0.25) is 10.0 Å². The molecule has 0 aliphatic carbocycles. The Balaban J connectivity index is 1.59. The highest BCUT2D eigenvalue weighted by molar-refractivity contribution is 7.92. The highest BCUT2D eigenvalue weighted by atomic mass is 32.2. The van der Waals surface area contributed by atoms with Crippen molar-refractivity contribution in [3.05, 3.63) is 46.7 Å². The molecule has 8 heteroatoms. The molecule has 2 heterocycles. The van der Waals surface area contributed by atoms with Crippen LogP contribution >= 0.6 is 11.3 Å². The predicted molar refractivity (Wildman–Crippen MR) is 102 cm³/mol. The summed E-state index contributed by atoms with van der Waals surface area (Å²) >= 11 is 1.47. The molecule has 0 saturated carbocycles. The fourth-order valence-electron chi connectivity index (χ4n) is 2.72. The highest BCUT2D eigenvalue weighted by Crippen LogP contribution is 2.21. The Morgan fingerprint density at radius 1 is 1.12 bits per heavy atom. The number of rotatable bonds is 5. The SMILES string of the molecule is CCS(=O)(=O)Nc1ccc(N2CCN(C(=O)c3cccs3)CC2)cc1. The lowest BCUT2D eigenvalue weighted by Gasteiger charge is -2.36. The molecule has 134 valence electrons. The number of sulfonamides is 1. The van der Waals surface area contributed by atoms with Gasteiger partial charge >= 0.3 is 0 Å². The molecule has 1 aromatic carbocycles. The number of piperazine rings is 1. The quantitative estimate of drug-likeness (QED) is 0.866. The summed E-state index contributed by atoms with van der Waals surface area (Å²) in [5.74, 6) is 0.147. The smallest absolute Gasteiger partial charge is 0.264 e. The summed E-state index contributed by atoms with van der Waals surface area (Å²) in [4.78, 5) is 17.2. The van der Waals surface area contributed by atoms with Gasteiger partial charge in [0.05, 0.1) is 10.6 Å². The van der Waals surface area contributed by atoms with E-state index in [9.17, 15) is 13.2 Å². The molecule has 25 heavy (non-hydrogen) atoms. The van der Waals surface area contributed by atoms with Crippen molar-refractivity contribution in [2.24, 2.45) is 0 Å². The van der Waals surface area contributed by atoms with Crippen LogP contribution in [0, 0.1) is 0 Å². The minimum absolute atomic E-state index is 0.0506. The average molecular weight is 380 g/mol. The van der Waals surface area contributed by atoms with Crippen LogP contribution in [0.1, 0.15) is 16.6 Å². The normalized spacial score (nSPS) is 15.2. The van der Waals surface area contributed by atoms with Crippen molar-refractivity contribution in [2.75, 3.05) is 41.6 Å². The van der Waals surface area contributed by atoms with E-state index in [-0.39, 0.29) is 11.7 Å². The first kappa shape index (κ1) is 17.8. The molecule has 1 aliphatic heterocycles. The largest absolute Gasteiger partial charge is 0.368 e. The molecular formula is C17H21N3O3S2. The minimum atomic E-state index is -3.26. The second-order valence-electron chi connectivity index (χ2n) is 5.81. The molecule has 0 atom stereocenters. The van der Waals surface area contributed by atoms with Gasteiger partial charge in [-0.1, -0.05) is 6.07 Å². The number of amides is 1. The molecule has 0 radical (unpaired) electrons. The number of hydrogen-bond acceptors (Lipinski definition) is 5. The van der Waals surface area contributed by atoms with Crippen LogP contribution in [0.15, 0.2) is 41.8 Å². The zero-order valence-corrected chi connectivity index (χ0v) is 15.6. The van der Waals surface area contributed by atoms with Crippen molar-refractivity contribution >= 4 is 38.6 Å². The molecule has 0 spiro atoms. The summed E-state index contributed by atoms with van der Waals surface area (Å²) in [5, 5.41) is 1.91. The van der Waals surface area contributed by atoms with Crippen molar-refractivity contribution in [3.8, 4) is 0 Å². The number of nitrogens with zero attached hydrogens (tertiary/aromatic N) is 2. The Morgan fingerprint density at radius 2 is 1.80 bits per heavy atom. The molecule has 1 aromatic heterocycles. The first-order chi connectivity index (χ1) is 12.0. The van der Waals surface area contributed by atoms with Crippen LogP contribution in [0.3, 0.4) is 0 Å². The molecule has 2 aromatic rings. The first-order valence-electron chi connectivity index (χ1n) is 8.17. The second-order valence-corrected chi connectivity index (χ2v) is 8.77. The van der Waals surface area contributed by atoms with E-state index in [1.165, 1.54) is 11.3 Å². The van der Waals surface area contributed by atoms with Crippen LogP contribution in [0.2, 0.25) is 0 Å². The Kier molecular flexibility index (Phi) is 5.29. The van der Waals surface area contributed by atoms with Crippen LogP contribution < -0.4 is 9.62 Å². The first-order valence-corrected chi connectivity index (χ1v) is 10.7. The van der Waals surface area contributed by atoms with E-state index in [4.69, 9.17) is 0 Å². The van der Waals surface area contributed by atoms with Gasteiger partial charge < -0.3 is 9.80 Å². The van der Waals surface area contributed by atoms with Crippen LogP contribution in [0.5, 0.6) is 0 Å². The lowest BCUT2D eigenvalue weighted by molar-refractivity contribution is 0.0751. The molecule has 0 unspecified atom stereocenters. The number of carbonyl (C=O) groups is 1. The maximum absolute atomic E-state index is 12.4. The molecule has 0 bridgehead atoms. The van der Waals surface area contributed by atoms with Gasteiger partial charge in [0, 0.05) is 37.6 Å². The maximum atomic E-state index is 12.4. The van der Waals surface area contributed by atoms with Crippen LogP contribution in [0.4, 0.5) is 11.4 Å². The third-order valence-corrected chi connectivity index (χ3v) is 6.35. The Hall–Kier alpha value is -2.06. The number of thiophene rings is 1. The third kappa shape index (κ3) is 4.32. The monoisotopic (exact) mass is 379 g/mol. The molecule has 1 N–H and O–H groups in total. The van der Waals surface area contributed by atoms with Gasteiger partial charge in [0.25, 0.3) is 5.91 Å². The van der Waals surface area contributed by atoms with E-state index in [0.717, 1.165) is 23.7 Å². The summed E-state index contributed by atoms with van der Waals surface area (Å²) in [6.07, 6.45) is 0. The van der Waals surface area contributed by atoms with Gasteiger partial charge in [0.15, 0.2) is 0 Å². The van der Waals surface area contributed by atoms with E-state index in [1.54, 1.807) is 19.1 Å². The zero-order valence-electron chi connectivity index (χ0n) is 14.0. The van der Waals surface area contributed by atoms with Crippen molar-refractivity contribution in [2.45, 2.75) is 6.92 Å². The summed E-state index contributed by atoms with van der Waals surface area (Å²) < 4.78 is 25.7. The van der Waals surface area contributed by atoms with Gasteiger partial charge in [-0.15, -0.1) is 11.3 Å². The van der Waals surface area contributed by atoms with Crippen molar-refractivity contribution in [3.63, 3.8) is 0 Å².